The molecular weight excluding hydrogens is 830 g/mol. The highest BCUT2D eigenvalue weighted by atomic mass is 19.1. The van der Waals surface area contributed by atoms with E-state index in [1.165, 1.54) is 43.1 Å². The molecule has 0 fully saturated rings. The van der Waals surface area contributed by atoms with Crippen LogP contribution in [0.2, 0.25) is 0 Å². The summed E-state index contributed by atoms with van der Waals surface area (Å²) < 4.78 is 86.5. The number of fused-ring (bicyclic) bond motifs is 5. The Morgan fingerprint density at radius 1 is 0.540 bits per heavy atom. The number of rotatable bonds is 1. The van der Waals surface area contributed by atoms with Gasteiger partial charge in [0.1, 0.15) is 28.6 Å². The average molecular weight is 885 g/mol. The predicted molar refractivity (Wildman–Crippen MR) is 234 cm³/mol. The lowest BCUT2D eigenvalue weighted by molar-refractivity contribution is -0.401. The van der Waals surface area contributed by atoms with E-state index in [4.69, 9.17) is 45.0 Å². The van der Waals surface area contributed by atoms with Crippen molar-refractivity contribution in [3.63, 3.8) is 0 Å². The lowest BCUT2D eigenvalue weighted by atomic mass is 10.3. The minimum Gasteiger partial charge on any atom is -0.461 e. The number of hydrogen-bond acceptors (Lipinski definition) is 13. The molecule has 17 heteroatoms. The molecule has 0 amide bonds. The van der Waals surface area contributed by atoms with Crippen LogP contribution in [0.4, 0.5) is 19.1 Å². The van der Waals surface area contributed by atoms with Crippen LogP contribution in [0.3, 0.4) is 0 Å². The summed E-state index contributed by atoms with van der Waals surface area (Å²) in [4.78, 5) is 9.54. The van der Waals surface area contributed by atoms with E-state index in [1.54, 1.807) is 39.0 Å². The molecule has 14 nitrogen and oxygen atoms in total. The molecule has 0 bridgehead atoms. The van der Waals surface area contributed by atoms with Crippen molar-refractivity contribution in [2.75, 3.05) is 0 Å². The molecule has 0 saturated heterocycles. The van der Waals surface area contributed by atoms with Gasteiger partial charge in [0.25, 0.3) is 18.0 Å². The maximum Gasteiger partial charge on any atom is 0.437 e. The molecule has 0 unspecified atom stereocenters. The quantitative estimate of drug-likeness (QED) is 0.111. The average Bonchev–Trinajstić information content (AvgIpc) is 4.16. The first-order valence-electron chi connectivity index (χ1n) is 20.2. The van der Waals surface area contributed by atoms with Gasteiger partial charge in [0.15, 0.2) is 55.8 Å². The zero-order chi connectivity index (χ0) is 48.0. The van der Waals surface area contributed by atoms with Crippen molar-refractivity contribution in [1.29, 1.82) is 5.26 Å². The predicted octanol–water partition coefficient (Wildman–Crippen LogP) is 17.0. The summed E-state index contributed by atoms with van der Waals surface area (Å²) in [5.74, 6) is 1.51. The molecule has 342 valence electrons. The first kappa shape index (κ1) is 53.8. The van der Waals surface area contributed by atoms with Gasteiger partial charge in [-0.05, 0) is 34.6 Å². The lowest BCUT2D eigenvalue weighted by Crippen LogP contribution is -1.82. The third-order valence-electron chi connectivity index (χ3n) is 7.40. The van der Waals surface area contributed by atoms with Crippen molar-refractivity contribution < 1.29 is 62.3 Å². The van der Waals surface area contributed by atoms with Crippen LogP contribution in [0.1, 0.15) is 103 Å². The molecule has 0 aliphatic carbocycles. The first-order valence-corrected chi connectivity index (χ1v) is 20.2. The molecule has 0 atom stereocenters. The second kappa shape index (κ2) is 26.9. The zero-order valence-corrected chi connectivity index (χ0v) is 38.2. The Balaban J connectivity index is 0.000000375. The van der Waals surface area contributed by atoms with Gasteiger partial charge in [0, 0.05) is 35.4 Å². The van der Waals surface area contributed by atoms with Gasteiger partial charge in [-0.25, -0.2) is 0 Å². The van der Waals surface area contributed by atoms with Crippen LogP contribution in [-0.2, 0) is 0 Å². The summed E-state index contributed by atoms with van der Waals surface area (Å²) in [7, 11) is 0. The van der Waals surface area contributed by atoms with E-state index >= 15 is 0 Å². The highest BCUT2D eigenvalue weighted by molar-refractivity contribution is 5.77. The van der Waals surface area contributed by atoms with Gasteiger partial charge in [-0.15, -0.1) is 0 Å². The molecule has 63 heavy (non-hydrogen) atoms. The van der Waals surface area contributed by atoms with Gasteiger partial charge in [-0.1, -0.05) is 69.2 Å². The van der Waals surface area contributed by atoms with Crippen molar-refractivity contribution in [2.45, 2.75) is 104 Å². The smallest absolute Gasteiger partial charge is 0.437 e. The lowest BCUT2D eigenvalue weighted by Gasteiger charge is -1.83. The van der Waals surface area contributed by atoms with Crippen molar-refractivity contribution in [1.82, 2.24) is 0 Å². The topological polar surface area (TPSA) is 198 Å². The number of hydrogen-bond donors (Lipinski definition) is 0. The Morgan fingerprint density at radius 2 is 1.05 bits per heavy atom. The largest absolute Gasteiger partial charge is 0.461 e. The Kier molecular flexibility index (Phi) is 23.0. The van der Waals surface area contributed by atoms with Crippen LogP contribution in [0.5, 0.6) is 0 Å². The van der Waals surface area contributed by atoms with Crippen LogP contribution in [-0.4, -0.2) is 4.92 Å². The SMILES string of the molecule is CC.CC.CC.CC.CC.Cc1cc2oc(F)c(C)c2o1.Cc1coc2cc(F)oc12.Cc1oc2cc(F)oc2c1C.N#Cc1cc2occc2o1.O=[N+]([O-])c1cc2occc2o1. The molecule has 10 aromatic rings. The Morgan fingerprint density at radius 3 is 1.54 bits per heavy atom. The molecule has 10 aromatic heterocycles. The van der Waals surface area contributed by atoms with Crippen molar-refractivity contribution in [2.24, 2.45) is 0 Å². The molecule has 10 heterocycles. The van der Waals surface area contributed by atoms with Gasteiger partial charge < -0.3 is 44.2 Å². The molecule has 0 aliphatic rings. The molecule has 0 aromatic carbocycles. The summed E-state index contributed by atoms with van der Waals surface area (Å²) in [5, 5.41) is 18.5. The summed E-state index contributed by atoms with van der Waals surface area (Å²) in [6.45, 7) is 28.9. The number of nitrogens with zero attached hydrogens (tertiary/aromatic N) is 2. The third kappa shape index (κ3) is 14.2. The van der Waals surface area contributed by atoms with E-state index in [2.05, 4.69) is 4.42 Å². The third-order valence-corrected chi connectivity index (χ3v) is 7.40. The van der Waals surface area contributed by atoms with Crippen LogP contribution in [0, 0.1) is 74.1 Å². The maximum atomic E-state index is 12.7. The number of nitriles is 1. The Labute approximate surface area is 361 Å². The second-order valence-corrected chi connectivity index (χ2v) is 11.1. The van der Waals surface area contributed by atoms with Gasteiger partial charge in [0.05, 0.1) is 36.5 Å². The Bertz CT molecular complexity index is 2720. The highest BCUT2D eigenvalue weighted by Gasteiger charge is 2.16. The number of furan rings is 10. The van der Waals surface area contributed by atoms with Crippen LogP contribution < -0.4 is 0 Å². The fourth-order valence-corrected chi connectivity index (χ4v) is 4.75. The second-order valence-electron chi connectivity index (χ2n) is 11.1. The van der Waals surface area contributed by atoms with E-state index in [9.17, 15) is 23.3 Å². The molecule has 0 radical (unpaired) electrons. The fraction of sp³-hybridized carbons (Fsp3) is 0.326. The number of nitro groups is 1. The van der Waals surface area contributed by atoms with E-state index in [0.29, 0.717) is 61.4 Å². The van der Waals surface area contributed by atoms with Crippen LogP contribution in [0.25, 0.3) is 55.8 Å². The summed E-state index contributed by atoms with van der Waals surface area (Å²) >= 11 is 0. The first-order chi connectivity index (χ1) is 30.3. The fourth-order valence-electron chi connectivity index (χ4n) is 4.75. The number of halogens is 3. The standard InChI is InChI=1S/2C8H7FO2.C7H5FO2.C7H3NO2.C6H3NO4.5C2H6/c1-4-5(2)10-6-3-7(9)11-8(4)6;1-4-3-6-7(10-4)5(2)8(9)11-6;1-4-3-9-5-2-6(8)10-7(4)5;8-4-5-3-7-6(10-5)1-2-9-7;8-7(9)6-3-5-4(11-6)1-2-10-5;5*1-2/h2*3H,1-2H3;2-3H,1H3;1-3H;1-3H;5*1-2H3. The van der Waals surface area contributed by atoms with Gasteiger partial charge >= 0.3 is 5.88 Å². The van der Waals surface area contributed by atoms with Crippen molar-refractivity contribution in [3.05, 3.63) is 123 Å². The zero-order valence-electron chi connectivity index (χ0n) is 38.2. The highest BCUT2D eigenvalue weighted by Crippen LogP contribution is 2.28. The van der Waals surface area contributed by atoms with Gasteiger partial charge in [-0.2, -0.15) is 18.4 Å². The van der Waals surface area contributed by atoms with E-state index in [1.807, 2.05) is 89.2 Å². The monoisotopic (exact) mass is 884 g/mol. The summed E-state index contributed by atoms with van der Waals surface area (Å²) in [5.41, 5.74) is 7.12. The van der Waals surface area contributed by atoms with E-state index in [0.717, 1.165) is 22.6 Å². The maximum absolute atomic E-state index is 12.7. The molecule has 0 N–H and O–H groups in total. The normalized spacial score (nSPS) is 9.54. The molecular formula is C46H55F3N2O12. The van der Waals surface area contributed by atoms with Crippen LogP contribution >= 0.6 is 0 Å². The molecule has 10 rings (SSSR count). The number of aryl methyl sites for hydroxylation is 5. The molecule has 0 spiro atoms. The van der Waals surface area contributed by atoms with Crippen molar-refractivity contribution >= 4 is 61.7 Å². The minimum absolute atomic E-state index is 0.286. The minimum atomic E-state index is -0.602. The van der Waals surface area contributed by atoms with Gasteiger partial charge in [-0.3, -0.25) is 10.1 Å². The Hall–Kier alpha value is -7.22. The van der Waals surface area contributed by atoms with E-state index in [-0.39, 0.29) is 11.6 Å². The molecule has 0 aliphatic heterocycles. The van der Waals surface area contributed by atoms with Crippen LogP contribution in [0.15, 0.2) is 105 Å². The summed E-state index contributed by atoms with van der Waals surface area (Å²) in [6.07, 6.45) is 4.47. The van der Waals surface area contributed by atoms with Gasteiger partial charge in [0.2, 0.25) is 5.76 Å². The van der Waals surface area contributed by atoms with Crippen molar-refractivity contribution in [3.8, 4) is 6.07 Å². The molecule has 0 saturated carbocycles. The van der Waals surface area contributed by atoms with E-state index < -0.39 is 23.0 Å². The summed E-state index contributed by atoms with van der Waals surface area (Å²) in [6, 6.07) is 10.3.